The molecule has 5 aromatic rings. The SMILES string of the molecule is CCCC[c-]1cccc1.Cc1c(C)n(-c2cc3ccccc3[cH-]2)c2ccccc12.[Cl-].[Cl-].[Hf+4]. The summed E-state index contributed by atoms with van der Waals surface area (Å²) in [5.41, 5.74) is 6.72. The molecule has 5 rings (SSSR count). The number of halogens is 2. The van der Waals surface area contributed by atoms with E-state index < -0.39 is 0 Å². The summed E-state index contributed by atoms with van der Waals surface area (Å²) >= 11 is 0. The molecule has 0 amide bonds. The van der Waals surface area contributed by atoms with Gasteiger partial charge >= 0.3 is 25.8 Å². The van der Waals surface area contributed by atoms with Gasteiger partial charge in [0, 0.05) is 11.1 Å². The third-order valence-corrected chi connectivity index (χ3v) is 5.84. The smallest absolute Gasteiger partial charge is 1.00 e. The van der Waals surface area contributed by atoms with Crippen LogP contribution in [0.15, 0.2) is 84.9 Å². The van der Waals surface area contributed by atoms with E-state index in [9.17, 15) is 0 Å². The first-order chi connectivity index (χ1) is 14.2. The average molecular weight is 629 g/mol. The van der Waals surface area contributed by atoms with Crippen LogP contribution in [0.4, 0.5) is 0 Å². The van der Waals surface area contributed by atoms with Crippen molar-refractivity contribution in [3.63, 3.8) is 0 Å². The number of fused-ring (bicyclic) bond motifs is 2. The second-order valence-electron chi connectivity index (χ2n) is 7.80. The summed E-state index contributed by atoms with van der Waals surface area (Å²) in [5, 5.41) is 3.95. The van der Waals surface area contributed by atoms with Crippen molar-refractivity contribution in [2.45, 2.75) is 40.0 Å². The summed E-state index contributed by atoms with van der Waals surface area (Å²) < 4.78 is 2.37. The minimum atomic E-state index is 0. The maximum Gasteiger partial charge on any atom is 4.00 e. The summed E-state index contributed by atoms with van der Waals surface area (Å²) in [5.74, 6) is 0. The van der Waals surface area contributed by atoms with E-state index in [4.69, 9.17) is 0 Å². The number of benzene rings is 2. The van der Waals surface area contributed by atoms with Crippen molar-refractivity contribution in [2.24, 2.45) is 0 Å². The molecule has 0 fully saturated rings. The van der Waals surface area contributed by atoms with Gasteiger partial charge in [-0.3, -0.25) is 0 Å². The number of hydrogen-bond donors (Lipinski definition) is 0. The van der Waals surface area contributed by atoms with Gasteiger partial charge < -0.3 is 29.4 Å². The normalized spacial score (nSPS) is 9.97. The summed E-state index contributed by atoms with van der Waals surface area (Å²) in [6.07, 6.45) is 3.87. The van der Waals surface area contributed by atoms with E-state index in [1.807, 2.05) is 0 Å². The maximum atomic E-state index is 2.37. The minimum absolute atomic E-state index is 0. The van der Waals surface area contributed by atoms with Gasteiger partial charge in [-0.25, -0.2) is 12.1 Å². The molecule has 0 saturated heterocycles. The quantitative estimate of drug-likeness (QED) is 0.212. The minimum Gasteiger partial charge on any atom is -1.00 e. The van der Waals surface area contributed by atoms with Crippen molar-refractivity contribution in [1.29, 1.82) is 0 Å². The Bertz CT molecular complexity index is 1180. The van der Waals surface area contributed by atoms with E-state index in [2.05, 4.69) is 110 Å². The number of aromatic nitrogens is 1. The first-order valence-corrected chi connectivity index (χ1v) is 10.6. The van der Waals surface area contributed by atoms with E-state index in [1.54, 1.807) is 0 Å². The van der Waals surface area contributed by atoms with Gasteiger partial charge in [0.15, 0.2) is 0 Å². The zero-order valence-electron chi connectivity index (χ0n) is 18.9. The Morgan fingerprint density at radius 1 is 0.875 bits per heavy atom. The monoisotopic (exact) mass is 629 g/mol. The zero-order valence-corrected chi connectivity index (χ0v) is 24.0. The predicted molar refractivity (Wildman–Crippen MR) is 126 cm³/mol. The zero-order chi connectivity index (χ0) is 20.2. The van der Waals surface area contributed by atoms with Crippen LogP contribution < -0.4 is 24.8 Å². The number of hydrogen-bond acceptors (Lipinski definition) is 0. The van der Waals surface area contributed by atoms with Gasteiger partial charge in [0.2, 0.25) is 0 Å². The molecule has 0 radical (unpaired) electrons. The number of nitrogens with zero attached hydrogens (tertiary/aromatic N) is 1. The Labute approximate surface area is 223 Å². The molecule has 1 heterocycles. The van der Waals surface area contributed by atoms with Gasteiger partial charge in [-0.1, -0.05) is 50.5 Å². The molecule has 0 aliphatic carbocycles. The fourth-order valence-corrected chi connectivity index (χ4v) is 4.09. The van der Waals surface area contributed by atoms with Crippen molar-refractivity contribution in [2.75, 3.05) is 0 Å². The van der Waals surface area contributed by atoms with Crippen LogP contribution in [-0.4, -0.2) is 4.57 Å². The Morgan fingerprint density at radius 2 is 1.53 bits per heavy atom. The molecule has 164 valence electrons. The number of aryl methyl sites for hydroxylation is 2. The summed E-state index contributed by atoms with van der Waals surface area (Å²) in [4.78, 5) is 0. The molecule has 0 aliphatic heterocycles. The van der Waals surface area contributed by atoms with Crippen LogP contribution in [0.5, 0.6) is 0 Å². The molecule has 4 aromatic carbocycles. The van der Waals surface area contributed by atoms with Crippen LogP contribution in [0.3, 0.4) is 0 Å². The number of unbranched alkanes of at least 4 members (excludes halogenated alkanes) is 1. The molecule has 0 spiro atoms. The van der Waals surface area contributed by atoms with Gasteiger partial charge in [-0.15, -0.1) is 41.1 Å². The van der Waals surface area contributed by atoms with E-state index >= 15 is 0 Å². The van der Waals surface area contributed by atoms with Crippen LogP contribution in [0.2, 0.25) is 0 Å². The Morgan fingerprint density at radius 3 is 2.22 bits per heavy atom. The van der Waals surface area contributed by atoms with Crippen molar-refractivity contribution < 1.29 is 50.7 Å². The van der Waals surface area contributed by atoms with Crippen LogP contribution in [0.25, 0.3) is 27.4 Å². The molecule has 0 aliphatic rings. The standard InChI is InChI=1S/C19H16N.C9H13.2ClH.Hf/c1-13-14(2)20(19-10-6-5-9-18(13)19)17-11-15-7-3-4-8-16(15)12-17;1-2-3-6-9-7-4-5-8-9;;;/h3-12H,1-2H3;4-5,7-8H,2-3,6H2,1H3;2*1H;/q2*-1;;;+4/p-2. The van der Waals surface area contributed by atoms with Crippen LogP contribution in [-0.2, 0) is 32.3 Å². The molecule has 0 saturated carbocycles. The molecule has 1 nitrogen and oxygen atoms in total. The second-order valence-corrected chi connectivity index (χ2v) is 7.80. The second kappa shape index (κ2) is 13.2. The van der Waals surface area contributed by atoms with Crippen LogP contribution in [0.1, 0.15) is 36.6 Å². The van der Waals surface area contributed by atoms with Crippen molar-refractivity contribution in [3.05, 3.63) is 102 Å². The fourth-order valence-electron chi connectivity index (χ4n) is 4.09. The third kappa shape index (κ3) is 6.04. The number of rotatable bonds is 4. The first kappa shape index (κ1) is 28.4. The molecule has 0 bridgehead atoms. The Balaban J connectivity index is 0.000000369. The molecular formula is C28H29Cl2HfN. The van der Waals surface area contributed by atoms with E-state index in [1.165, 1.54) is 63.4 Å². The van der Waals surface area contributed by atoms with E-state index in [-0.39, 0.29) is 50.7 Å². The van der Waals surface area contributed by atoms with E-state index in [0.717, 1.165) is 0 Å². The van der Waals surface area contributed by atoms with E-state index in [0.29, 0.717) is 0 Å². The molecular weight excluding hydrogens is 600 g/mol. The first-order valence-electron chi connectivity index (χ1n) is 10.6. The van der Waals surface area contributed by atoms with Crippen molar-refractivity contribution in [3.8, 4) is 5.69 Å². The van der Waals surface area contributed by atoms with Gasteiger partial charge in [-0.05, 0) is 31.2 Å². The Hall–Kier alpha value is -1.61. The number of para-hydroxylation sites is 1. The Kier molecular flexibility index (Phi) is 11.7. The van der Waals surface area contributed by atoms with Crippen molar-refractivity contribution >= 4 is 21.7 Å². The maximum absolute atomic E-state index is 2.37. The van der Waals surface area contributed by atoms with Crippen molar-refractivity contribution in [1.82, 2.24) is 4.57 Å². The summed E-state index contributed by atoms with van der Waals surface area (Å²) in [7, 11) is 0. The van der Waals surface area contributed by atoms with Gasteiger partial charge in [0.25, 0.3) is 0 Å². The largest absolute Gasteiger partial charge is 4.00 e. The van der Waals surface area contributed by atoms with Gasteiger partial charge in [0.05, 0.1) is 5.52 Å². The molecule has 4 heteroatoms. The topological polar surface area (TPSA) is 4.93 Å². The molecule has 0 N–H and O–H groups in total. The fraction of sp³-hybridized carbons (Fsp3) is 0.214. The molecule has 1 aromatic heterocycles. The third-order valence-electron chi connectivity index (χ3n) is 5.84. The summed E-state index contributed by atoms with van der Waals surface area (Å²) in [6, 6.07) is 30.3. The van der Waals surface area contributed by atoms with Gasteiger partial charge in [0.1, 0.15) is 0 Å². The van der Waals surface area contributed by atoms with Crippen LogP contribution >= 0.6 is 0 Å². The van der Waals surface area contributed by atoms with Crippen LogP contribution in [0, 0.1) is 13.8 Å². The van der Waals surface area contributed by atoms with Gasteiger partial charge in [-0.2, -0.15) is 17.7 Å². The molecule has 0 atom stereocenters. The summed E-state index contributed by atoms with van der Waals surface area (Å²) in [6.45, 7) is 6.63. The predicted octanol–water partition coefficient (Wildman–Crippen LogP) is 1.87. The average Bonchev–Trinajstić information content (AvgIpc) is 3.46. The molecule has 0 unspecified atom stereocenters. The molecule has 32 heavy (non-hydrogen) atoms.